The van der Waals surface area contributed by atoms with Crippen molar-refractivity contribution in [3.05, 3.63) is 53.6 Å². The van der Waals surface area contributed by atoms with Crippen molar-refractivity contribution >= 4 is 5.96 Å². The molecule has 2 N–H and O–H groups in total. The molecule has 0 saturated heterocycles. The van der Waals surface area contributed by atoms with Gasteiger partial charge < -0.3 is 19.9 Å². The number of benzene rings is 1. The third kappa shape index (κ3) is 6.33. The van der Waals surface area contributed by atoms with Gasteiger partial charge in [0.05, 0.1) is 6.54 Å². The Balaban J connectivity index is 1.61. The number of hydrogen-bond acceptors (Lipinski definition) is 3. The van der Waals surface area contributed by atoms with E-state index in [0.29, 0.717) is 12.0 Å². The normalized spacial score (nSPS) is 16.0. The van der Waals surface area contributed by atoms with Crippen molar-refractivity contribution in [2.24, 2.45) is 10.4 Å². The molecule has 0 radical (unpaired) electrons. The van der Waals surface area contributed by atoms with Crippen LogP contribution in [-0.4, -0.2) is 42.3 Å². The first-order valence-electron chi connectivity index (χ1n) is 11.2. The van der Waals surface area contributed by atoms with Gasteiger partial charge in [0.2, 0.25) is 0 Å². The van der Waals surface area contributed by atoms with E-state index < -0.39 is 0 Å². The summed E-state index contributed by atoms with van der Waals surface area (Å²) in [5, 5.41) is 7.02. The molecule has 0 aliphatic heterocycles. The van der Waals surface area contributed by atoms with Crippen molar-refractivity contribution in [2.75, 3.05) is 26.8 Å². The molecule has 6 heteroatoms. The molecule has 6 nitrogen and oxygen atoms in total. The second kappa shape index (κ2) is 11.2. The smallest absolute Gasteiger partial charge is 0.191 e. The van der Waals surface area contributed by atoms with E-state index in [1.807, 2.05) is 19.3 Å². The van der Waals surface area contributed by atoms with Gasteiger partial charge in [-0.15, -0.1) is 0 Å². The van der Waals surface area contributed by atoms with Gasteiger partial charge in [0.25, 0.3) is 0 Å². The Hall–Kier alpha value is -2.34. The topological polar surface area (TPSA) is 63.5 Å². The maximum absolute atomic E-state index is 5.37. The second-order valence-electron chi connectivity index (χ2n) is 8.42. The van der Waals surface area contributed by atoms with Crippen LogP contribution < -0.4 is 10.6 Å². The van der Waals surface area contributed by atoms with Gasteiger partial charge in [-0.1, -0.05) is 37.1 Å². The van der Waals surface area contributed by atoms with Crippen LogP contribution in [-0.2, 0) is 17.8 Å². The monoisotopic (exact) mass is 411 g/mol. The van der Waals surface area contributed by atoms with Crippen molar-refractivity contribution in [1.29, 1.82) is 0 Å². The van der Waals surface area contributed by atoms with Gasteiger partial charge >= 0.3 is 0 Å². The molecule has 164 valence electrons. The fraction of sp³-hybridized carbons (Fsp3) is 0.583. The van der Waals surface area contributed by atoms with E-state index >= 15 is 0 Å². The molecule has 0 spiro atoms. The van der Waals surface area contributed by atoms with Crippen LogP contribution in [0.15, 0.2) is 41.7 Å². The van der Waals surface area contributed by atoms with Gasteiger partial charge in [0.1, 0.15) is 5.82 Å². The number of methoxy groups -OCH3 is 1. The fourth-order valence-electron chi connectivity index (χ4n) is 4.34. The lowest BCUT2D eigenvalue weighted by Crippen LogP contribution is -2.43. The van der Waals surface area contributed by atoms with E-state index in [2.05, 4.69) is 51.4 Å². The first-order chi connectivity index (χ1) is 14.6. The lowest BCUT2D eigenvalue weighted by Gasteiger charge is -2.30. The van der Waals surface area contributed by atoms with Crippen LogP contribution in [0.4, 0.5) is 0 Å². The zero-order chi connectivity index (χ0) is 21.2. The van der Waals surface area contributed by atoms with Crippen molar-refractivity contribution in [1.82, 2.24) is 20.2 Å². The number of aryl methyl sites for hydroxylation is 1. The number of nitrogens with zero attached hydrogens (tertiary/aromatic N) is 3. The Kier molecular flexibility index (Phi) is 8.31. The molecule has 1 aliphatic rings. The number of nitrogens with one attached hydrogen (secondary N) is 2. The van der Waals surface area contributed by atoms with E-state index in [4.69, 9.17) is 9.73 Å². The van der Waals surface area contributed by atoms with Gasteiger partial charge in [0.15, 0.2) is 5.96 Å². The summed E-state index contributed by atoms with van der Waals surface area (Å²) >= 11 is 0. The van der Waals surface area contributed by atoms with E-state index in [1.165, 1.54) is 36.8 Å². The maximum Gasteiger partial charge on any atom is 0.191 e. The first-order valence-corrected chi connectivity index (χ1v) is 11.2. The van der Waals surface area contributed by atoms with Crippen LogP contribution in [0.3, 0.4) is 0 Å². The van der Waals surface area contributed by atoms with Crippen LogP contribution >= 0.6 is 0 Å². The molecule has 0 unspecified atom stereocenters. The molecule has 1 heterocycles. The van der Waals surface area contributed by atoms with Crippen LogP contribution in [0.25, 0.3) is 0 Å². The Labute approximate surface area is 181 Å². The Morgan fingerprint density at radius 1 is 1.23 bits per heavy atom. The lowest BCUT2D eigenvalue weighted by molar-refractivity contribution is 0.138. The summed E-state index contributed by atoms with van der Waals surface area (Å²) in [6.45, 7) is 8.30. The lowest BCUT2D eigenvalue weighted by atomic mass is 9.83. The van der Waals surface area contributed by atoms with Crippen molar-refractivity contribution in [2.45, 2.75) is 59.0 Å². The van der Waals surface area contributed by atoms with Crippen LogP contribution in [0, 0.1) is 12.3 Å². The molecule has 3 rings (SSSR count). The highest BCUT2D eigenvalue weighted by Gasteiger charge is 2.33. The minimum Gasteiger partial charge on any atom is -0.385 e. The van der Waals surface area contributed by atoms with Crippen LogP contribution in [0.1, 0.15) is 56.0 Å². The van der Waals surface area contributed by atoms with Gasteiger partial charge in [-0.25, -0.2) is 9.98 Å². The Bertz CT molecular complexity index is 807. The van der Waals surface area contributed by atoms with E-state index in [-0.39, 0.29) is 0 Å². The number of aliphatic imine (C=N–C) groups is 1. The van der Waals surface area contributed by atoms with Gasteiger partial charge in [-0.2, -0.15) is 0 Å². The average Bonchev–Trinajstić information content (AvgIpc) is 3.39. The van der Waals surface area contributed by atoms with E-state index in [1.54, 1.807) is 7.11 Å². The summed E-state index contributed by atoms with van der Waals surface area (Å²) in [6, 6.07) is 8.67. The summed E-state index contributed by atoms with van der Waals surface area (Å²) in [5.41, 5.74) is 2.83. The van der Waals surface area contributed by atoms with Crippen molar-refractivity contribution < 1.29 is 4.74 Å². The van der Waals surface area contributed by atoms with Gasteiger partial charge in [-0.3, -0.25) is 0 Å². The molecule has 0 bridgehead atoms. The number of imidazole rings is 1. The average molecular weight is 412 g/mol. The third-order valence-corrected chi connectivity index (χ3v) is 6.16. The molecule has 2 aromatic rings. The number of aromatic nitrogens is 2. The SMILES string of the molecule is CCNC(=NCc1cccc(Cn2ccnc2C)c1)NCC1(CCOC)CCCC1. The zero-order valence-electron chi connectivity index (χ0n) is 18.8. The number of rotatable bonds is 10. The molecule has 1 aromatic carbocycles. The third-order valence-electron chi connectivity index (χ3n) is 6.16. The molecule has 0 atom stereocenters. The molecule has 1 fully saturated rings. The number of hydrogen-bond donors (Lipinski definition) is 2. The number of guanidine groups is 1. The molecular formula is C24H37N5O. The van der Waals surface area contributed by atoms with Gasteiger partial charge in [0, 0.05) is 45.7 Å². The zero-order valence-corrected chi connectivity index (χ0v) is 18.8. The molecule has 1 saturated carbocycles. The number of ether oxygens (including phenoxy) is 1. The fourth-order valence-corrected chi connectivity index (χ4v) is 4.34. The minimum absolute atomic E-state index is 0.342. The summed E-state index contributed by atoms with van der Waals surface area (Å²) in [4.78, 5) is 9.16. The van der Waals surface area contributed by atoms with Crippen LogP contribution in [0.5, 0.6) is 0 Å². The summed E-state index contributed by atoms with van der Waals surface area (Å²) in [6.07, 6.45) is 10.2. The molecule has 30 heavy (non-hydrogen) atoms. The molecule has 0 amide bonds. The quantitative estimate of drug-likeness (QED) is 0.460. The van der Waals surface area contributed by atoms with Crippen molar-refractivity contribution in [3.63, 3.8) is 0 Å². The van der Waals surface area contributed by atoms with Crippen LogP contribution in [0.2, 0.25) is 0 Å². The molecular weight excluding hydrogens is 374 g/mol. The van der Waals surface area contributed by atoms with E-state index in [9.17, 15) is 0 Å². The van der Waals surface area contributed by atoms with Crippen molar-refractivity contribution in [3.8, 4) is 0 Å². The summed E-state index contributed by atoms with van der Waals surface area (Å²) in [7, 11) is 1.80. The molecule has 1 aromatic heterocycles. The van der Waals surface area contributed by atoms with Gasteiger partial charge in [-0.05, 0) is 49.7 Å². The molecule has 1 aliphatic carbocycles. The maximum atomic E-state index is 5.37. The highest BCUT2D eigenvalue weighted by atomic mass is 16.5. The highest BCUT2D eigenvalue weighted by molar-refractivity contribution is 5.79. The standard InChI is InChI=1S/C24H37N5O/c1-4-25-23(28-19-24(12-15-30-3)10-5-6-11-24)27-17-21-8-7-9-22(16-21)18-29-14-13-26-20(29)2/h7-9,13-14,16H,4-6,10-12,15,17-19H2,1-3H3,(H2,25,27,28). The first kappa shape index (κ1) is 22.3. The minimum atomic E-state index is 0.342. The Morgan fingerprint density at radius 3 is 2.73 bits per heavy atom. The predicted molar refractivity (Wildman–Crippen MR) is 123 cm³/mol. The second-order valence-corrected chi connectivity index (χ2v) is 8.42. The largest absolute Gasteiger partial charge is 0.385 e. The summed E-state index contributed by atoms with van der Waals surface area (Å²) < 4.78 is 7.53. The Morgan fingerprint density at radius 2 is 2.03 bits per heavy atom. The highest BCUT2D eigenvalue weighted by Crippen LogP contribution is 2.40. The predicted octanol–water partition coefficient (Wildman–Crippen LogP) is 3.89. The summed E-state index contributed by atoms with van der Waals surface area (Å²) in [5.74, 6) is 1.93. The van der Waals surface area contributed by atoms with E-state index in [0.717, 1.165) is 44.4 Å².